The molecule has 1 aliphatic rings. The molecule has 1 N–H and O–H groups in total. The highest BCUT2D eigenvalue weighted by atomic mass is 32.1. The Labute approximate surface area is 197 Å². The van der Waals surface area contributed by atoms with Crippen molar-refractivity contribution in [2.24, 2.45) is 0 Å². The summed E-state index contributed by atoms with van der Waals surface area (Å²) in [5.74, 6) is 2.09. The number of carbonyl (C=O) groups is 1. The van der Waals surface area contributed by atoms with Crippen LogP contribution in [-0.4, -0.2) is 48.3 Å². The summed E-state index contributed by atoms with van der Waals surface area (Å²) in [7, 11) is 3.12. The molecule has 1 aliphatic heterocycles. The third-order valence-electron chi connectivity index (χ3n) is 5.04. The van der Waals surface area contributed by atoms with Gasteiger partial charge in [0.2, 0.25) is 5.88 Å². The number of ether oxygens (including phenoxy) is 4. The minimum absolute atomic E-state index is 0.256. The third-order valence-corrected chi connectivity index (χ3v) is 6.98. The fourth-order valence-corrected chi connectivity index (χ4v) is 5.32. The highest BCUT2D eigenvalue weighted by Crippen LogP contribution is 2.37. The number of thiophene rings is 1. The molecule has 33 heavy (non-hydrogen) atoms. The minimum atomic E-state index is -0.256. The highest BCUT2D eigenvalue weighted by molar-refractivity contribution is 7.21. The van der Waals surface area contributed by atoms with Crippen LogP contribution in [0.25, 0.3) is 21.5 Å². The largest absolute Gasteiger partial charge is 0.486 e. The summed E-state index contributed by atoms with van der Waals surface area (Å²) >= 11 is 2.64. The Bertz CT molecular complexity index is 1350. The molecule has 0 spiro atoms. The number of rotatable bonds is 6. The number of aromatic nitrogens is 3. The fourth-order valence-electron chi connectivity index (χ4n) is 3.52. The number of anilines is 1. The second-order valence-electron chi connectivity index (χ2n) is 7.17. The van der Waals surface area contributed by atoms with Gasteiger partial charge in [-0.2, -0.15) is 4.98 Å². The zero-order valence-electron chi connectivity index (χ0n) is 18.1. The maximum Gasteiger partial charge on any atom is 0.267 e. The van der Waals surface area contributed by atoms with Crippen molar-refractivity contribution in [2.75, 3.05) is 32.8 Å². The Kier molecular flexibility index (Phi) is 5.83. The fraction of sp³-hybridized carbons (Fsp3) is 0.273. The molecule has 0 radical (unpaired) electrons. The van der Waals surface area contributed by atoms with Gasteiger partial charge in [-0.15, -0.1) is 22.7 Å². The molecule has 0 unspecified atom stereocenters. The molecule has 0 fully saturated rings. The van der Waals surface area contributed by atoms with E-state index in [4.69, 9.17) is 18.9 Å². The van der Waals surface area contributed by atoms with Gasteiger partial charge in [0, 0.05) is 18.1 Å². The number of hydrogen-bond acceptors (Lipinski definition) is 10. The lowest BCUT2D eigenvalue weighted by Crippen LogP contribution is -2.15. The van der Waals surface area contributed by atoms with E-state index in [9.17, 15) is 4.79 Å². The van der Waals surface area contributed by atoms with Crippen LogP contribution in [0.4, 0.5) is 5.13 Å². The molecule has 4 heterocycles. The van der Waals surface area contributed by atoms with Crippen molar-refractivity contribution in [1.29, 1.82) is 0 Å². The van der Waals surface area contributed by atoms with Gasteiger partial charge < -0.3 is 18.9 Å². The molecule has 170 valence electrons. The molecule has 11 heteroatoms. The minimum Gasteiger partial charge on any atom is -0.486 e. The number of hydrogen-bond donors (Lipinski definition) is 1. The summed E-state index contributed by atoms with van der Waals surface area (Å²) in [6.07, 6.45) is 0. The van der Waals surface area contributed by atoms with E-state index in [1.807, 2.05) is 30.5 Å². The first-order chi connectivity index (χ1) is 16.1. The van der Waals surface area contributed by atoms with E-state index in [1.165, 1.54) is 22.7 Å². The first kappa shape index (κ1) is 21.6. The molecule has 4 aromatic rings. The molecule has 0 aliphatic carbocycles. The van der Waals surface area contributed by atoms with Gasteiger partial charge in [-0.3, -0.25) is 10.1 Å². The number of amides is 1. The summed E-state index contributed by atoms with van der Waals surface area (Å²) in [5, 5.41) is 6.02. The van der Waals surface area contributed by atoms with Crippen LogP contribution < -0.4 is 19.5 Å². The molecule has 1 aromatic carbocycles. The second kappa shape index (κ2) is 8.93. The van der Waals surface area contributed by atoms with Crippen molar-refractivity contribution in [1.82, 2.24) is 15.0 Å². The average Bonchev–Trinajstić information content (AvgIpc) is 3.43. The standard InChI is InChI=1S/C22H20N4O5S2/c1-11-17-20(29-3)24-16(9-28-2)25-21(17)33-18(11)19(27)26-22-23-13(10-32-22)12-4-5-14-15(8-12)31-7-6-30-14/h4-5,8,10H,6-7,9H2,1-3H3,(H,23,26,27). The summed E-state index contributed by atoms with van der Waals surface area (Å²) < 4.78 is 21.8. The Morgan fingerprint density at radius 1 is 1.15 bits per heavy atom. The molecule has 0 bridgehead atoms. The van der Waals surface area contributed by atoms with Crippen LogP contribution >= 0.6 is 22.7 Å². The summed E-state index contributed by atoms with van der Waals surface area (Å²) in [6, 6.07) is 5.69. The van der Waals surface area contributed by atoms with E-state index in [2.05, 4.69) is 20.3 Å². The van der Waals surface area contributed by atoms with Crippen LogP contribution in [0.15, 0.2) is 23.6 Å². The molecule has 0 saturated heterocycles. The van der Waals surface area contributed by atoms with Crippen molar-refractivity contribution in [3.8, 4) is 28.6 Å². The molecule has 9 nitrogen and oxygen atoms in total. The van der Waals surface area contributed by atoms with Crippen molar-refractivity contribution in [2.45, 2.75) is 13.5 Å². The third kappa shape index (κ3) is 4.10. The number of carbonyl (C=O) groups excluding carboxylic acids is 1. The first-order valence-electron chi connectivity index (χ1n) is 10.1. The van der Waals surface area contributed by atoms with Crippen LogP contribution in [0, 0.1) is 6.92 Å². The molecule has 3 aromatic heterocycles. The van der Waals surface area contributed by atoms with Crippen molar-refractivity contribution >= 4 is 43.9 Å². The smallest absolute Gasteiger partial charge is 0.267 e. The number of nitrogens with zero attached hydrogens (tertiary/aromatic N) is 3. The van der Waals surface area contributed by atoms with Crippen molar-refractivity contribution in [3.05, 3.63) is 39.8 Å². The normalized spacial score (nSPS) is 12.7. The maximum absolute atomic E-state index is 13.1. The van der Waals surface area contributed by atoms with E-state index >= 15 is 0 Å². The zero-order valence-corrected chi connectivity index (χ0v) is 19.8. The highest BCUT2D eigenvalue weighted by Gasteiger charge is 2.22. The number of methoxy groups -OCH3 is 2. The van der Waals surface area contributed by atoms with Gasteiger partial charge in [-0.05, 0) is 30.7 Å². The second-order valence-corrected chi connectivity index (χ2v) is 9.03. The lowest BCUT2D eigenvalue weighted by molar-refractivity contribution is 0.103. The van der Waals surface area contributed by atoms with Gasteiger partial charge in [0.1, 0.15) is 24.7 Å². The van der Waals surface area contributed by atoms with Crippen LogP contribution in [-0.2, 0) is 11.3 Å². The van der Waals surface area contributed by atoms with Gasteiger partial charge in [0.05, 0.1) is 23.1 Å². The van der Waals surface area contributed by atoms with E-state index < -0.39 is 0 Å². The van der Waals surface area contributed by atoms with Gasteiger partial charge in [-0.25, -0.2) is 9.97 Å². The molecule has 1 amide bonds. The van der Waals surface area contributed by atoms with E-state index in [0.717, 1.165) is 28.0 Å². The van der Waals surface area contributed by atoms with E-state index in [0.29, 0.717) is 45.5 Å². The quantitative estimate of drug-likeness (QED) is 0.432. The average molecular weight is 485 g/mol. The topological polar surface area (TPSA) is 105 Å². The predicted molar refractivity (Wildman–Crippen MR) is 126 cm³/mol. The maximum atomic E-state index is 13.1. The van der Waals surface area contributed by atoms with Gasteiger partial charge in [0.25, 0.3) is 5.91 Å². The first-order valence-corrected chi connectivity index (χ1v) is 11.8. The number of aryl methyl sites for hydroxylation is 1. The van der Waals surface area contributed by atoms with Gasteiger partial charge in [0.15, 0.2) is 22.5 Å². The van der Waals surface area contributed by atoms with Gasteiger partial charge >= 0.3 is 0 Å². The Hall–Kier alpha value is -3.28. The van der Waals surface area contributed by atoms with Crippen LogP contribution in [0.1, 0.15) is 21.1 Å². The summed E-state index contributed by atoms with van der Waals surface area (Å²) in [6.45, 7) is 3.18. The molecule has 0 atom stereocenters. The Morgan fingerprint density at radius 2 is 1.97 bits per heavy atom. The molecule has 5 rings (SSSR count). The van der Waals surface area contributed by atoms with Crippen LogP contribution in [0.5, 0.6) is 17.4 Å². The molecular formula is C22H20N4O5S2. The van der Waals surface area contributed by atoms with E-state index in [1.54, 1.807) is 14.2 Å². The number of benzene rings is 1. The Balaban J connectivity index is 1.40. The number of thiazole rings is 1. The SMILES string of the molecule is COCc1nc(OC)c2c(C)c(C(=O)Nc3nc(-c4ccc5c(c4)OCCO5)cs3)sc2n1. The summed E-state index contributed by atoms with van der Waals surface area (Å²) in [5.41, 5.74) is 2.40. The van der Waals surface area contributed by atoms with Crippen LogP contribution in [0.3, 0.4) is 0 Å². The number of fused-ring (bicyclic) bond motifs is 2. The lowest BCUT2D eigenvalue weighted by atomic mass is 10.1. The predicted octanol–water partition coefficient (Wildman–Crippen LogP) is 4.30. The van der Waals surface area contributed by atoms with Gasteiger partial charge in [-0.1, -0.05) is 0 Å². The monoisotopic (exact) mass is 484 g/mol. The summed E-state index contributed by atoms with van der Waals surface area (Å²) in [4.78, 5) is 27.7. The Morgan fingerprint density at radius 3 is 2.76 bits per heavy atom. The van der Waals surface area contributed by atoms with Crippen molar-refractivity contribution in [3.63, 3.8) is 0 Å². The molecule has 0 saturated carbocycles. The van der Waals surface area contributed by atoms with Crippen molar-refractivity contribution < 1.29 is 23.7 Å². The van der Waals surface area contributed by atoms with E-state index in [-0.39, 0.29) is 12.5 Å². The van der Waals surface area contributed by atoms with Crippen LogP contribution in [0.2, 0.25) is 0 Å². The molecular weight excluding hydrogens is 464 g/mol. The zero-order chi connectivity index (χ0) is 22.9. The number of nitrogens with one attached hydrogen (secondary N) is 1. The lowest BCUT2D eigenvalue weighted by Gasteiger charge is -2.18.